The van der Waals surface area contributed by atoms with Crippen LogP contribution in [0, 0.1) is 0 Å². The molecule has 0 saturated carbocycles. The lowest BCUT2D eigenvalue weighted by molar-refractivity contribution is -0.141. The molecule has 0 aliphatic carbocycles. The van der Waals surface area contributed by atoms with Gasteiger partial charge in [0.05, 0.1) is 0 Å². The Morgan fingerprint density at radius 1 is 1.23 bits per heavy atom. The molecule has 0 unspecified atom stereocenters. The molecule has 0 amide bonds. The molecule has 0 saturated heterocycles. The summed E-state index contributed by atoms with van der Waals surface area (Å²) in [6.07, 6.45) is -4.47. The van der Waals surface area contributed by atoms with Crippen LogP contribution in [-0.4, -0.2) is 4.98 Å². The fraction of sp³-hybridized carbons (Fsp3) is 0.375. The van der Waals surface area contributed by atoms with Crippen molar-refractivity contribution in [3.05, 3.63) is 34.2 Å². The van der Waals surface area contributed by atoms with E-state index in [4.69, 9.17) is 0 Å². The van der Waals surface area contributed by atoms with Gasteiger partial charge < -0.3 is 4.98 Å². The van der Waals surface area contributed by atoms with Crippen LogP contribution in [0.5, 0.6) is 0 Å². The Balaban J connectivity index is 0.000000671. The van der Waals surface area contributed by atoms with Crippen molar-refractivity contribution in [2.24, 2.45) is 0 Å². The summed E-state index contributed by atoms with van der Waals surface area (Å²) in [5.74, 6) is 0. The smallest absolute Gasteiger partial charge is 0.318 e. The molecule has 0 radical (unpaired) electrons. The predicted octanol–water partition coefficient (Wildman–Crippen LogP) is 2.42. The molecule has 0 bridgehead atoms. The molecule has 1 aromatic heterocycles. The van der Waals surface area contributed by atoms with E-state index in [0.29, 0.717) is 0 Å². The lowest BCUT2D eigenvalue weighted by atomic mass is 10.3. The number of aromatic nitrogens is 1. The van der Waals surface area contributed by atoms with E-state index in [1.807, 2.05) is 13.8 Å². The number of pyridine rings is 1. The van der Waals surface area contributed by atoms with E-state index in [9.17, 15) is 18.0 Å². The Labute approximate surface area is 73.4 Å². The predicted molar refractivity (Wildman–Crippen MR) is 43.4 cm³/mol. The molecule has 13 heavy (non-hydrogen) atoms. The van der Waals surface area contributed by atoms with Gasteiger partial charge in [-0.1, -0.05) is 19.9 Å². The highest BCUT2D eigenvalue weighted by atomic mass is 19.4. The SMILES string of the molecule is CC.O=c1cccc(C(F)(F)F)[nH]1. The number of hydrogen-bond acceptors (Lipinski definition) is 1. The molecular weight excluding hydrogens is 183 g/mol. The number of rotatable bonds is 0. The third-order valence-corrected chi connectivity index (χ3v) is 1.07. The van der Waals surface area contributed by atoms with E-state index in [1.54, 1.807) is 4.98 Å². The maximum atomic E-state index is 11.8. The Bertz CT molecular complexity index is 303. The molecule has 0 aliphatic rings. The molecule has 74 valence electrons. The first-order valence-corrected chi connectivity index (χ1v) is 3.77. The third-order valence-electron chi connectivity index (χ3n) is 1.07. The summed E-state index contributed by atoms with van der Waals surface area (Å²) in [5.41, 5.74) is -1.77. The fourth-order valence-electron chi connectivity index (χ4n) is 0.613. The minimum absolute atomic E-state index is 0.750. The second kappa shape index (κ2) is 4.69. The van der Waals surface area contributed by atoms with E-state index < -0.39 is 17.4 Å². The highest BCUT2D eigenvalue weighted by Gasteiger charge is 2.31. The molecule has 2 nitrogen and oxygen atoms in total. The van der Waals surface area contributed by atoms with Gasteiger partial charge in [0.15, 0.2) is 0 Å². The third kappa shape index (κ3) is 3.78. The zero-order valence-electron chi connectivity index (χ0n) is 7.27. The standard InChI is InChI=1S/C6H4F3NO.C2H6/c7-6(8,9)4-2-1-3-5(11)10-4;1-2/h1-3H,(H,10,11);1-2H3. The molecule has 1 N–H and O–H groups in total. The van der Waals surface area contributed by atoms with Crippen molar-refractivity contribution in [2.75, 3.05) is 0 Å². The van der Waals surface area contributed by atoms with E-state index in [-0.39, 0.29) is 0 Å². The van der Waals surface area contributed by atoms with Gasteiger partial charge in [-0.2, -0.15) is 13.2 Å². The van der Waals surface area contributed by atoms with Crippen LogP contribution in [0.4, 0.5) is 13.2 Å². The molecule has 1 aromatic rings. The molecule has 0 spiro atoms. The highest BCUT2D eigenvalue weighted by molar-refractivity contribution is 5.06. The molecule has 0 fully saturated rings. The molecule has 0 aliphatic heterocycles. The van der Waals surface area contributed by atoms with Crippen molar-refractivity contribution in [3.63, 3.8) is 0 Å². The van der Waals surface area contributed by atoms with Gasteiger partial charge in [0.1, 0.15) is 5.69 Å². The van der Waals surface area contributed by atoms with Crippen molar-refractivity contribution in [2.45, 2.75) is 20.0 Å². The van der Waals surface area contributed by atoms with E-state index in [0.717, 1.165) is 18.2 Å². The first-order valence-electron chi connectivity index (χ1n) is 3.77. The summed E-state index contributed by atoms with van der Waals surface area (Å²) in [5, 5.41) is 0. The highest BCUT2D eigenvalue weighted by Crippen LogP contribution is 2.25. The largest absolute Gasteiger partial charge is 0.431 e. The van der Waals surface area contributed by atoms with Crippen LogP contribution in [0.15, 0.2) is 23.0 Å². The molecule has 0 atom stereocenters. The molecule has 5 heteroatoms. The van der Waals surface area contributed by atoms with Crippen LogP contribution in [0.3, 0.4) is 0 Å². The zero-order chi connectivity index (χ0) is 10.5. The number of hydrogen-bond donors (Lipinski definition) is 1. The van der Waals surface area contributed by atoms with Gasteiger partial charge in [-0.05, 0) is 6.07 Å². The second-order valence-electron chi connectivity index (χ2n) is 1.93. The van der Waals surface area contributed by atoms with Crippen LogP contribution in [-0.2, 0) is 6.18 Å². The minimum Gasteiger partial charge on any atom is -0.318 e. The van der Waals surface area contributed by atoms with Crippen molar-refractivity contribution >= 4 is 0 Å². The zero-order valence-corrected chi connectivity index (χ0v) is 7.27. The number of nitrogens with one attached hydrogen (secondary N) is 1. The molecule has 0 aromatic carbocycles. The summed E-state index contributed by atoms with van der Waals surface area (Å²) in [6, 6.07) is 2.89. The van der Waals surface area contributed by atoms with Gasteiger partial charge in [-0.25, -0.2) is 0 Å². The van der Waals surface area contributed by atoms with Crippen molar-refractivity contribution in [1.29, 1.82) is 0 Å². The van der Waals surface area contributed by atoms with E-state index in [1.165, 1.54) is 0 Å². The summed E-state index contributed by atoms with van der Waals surface area (Å²) in [7, 11) is 0. The van der Waals surface area contributed by atoms with Crippen LogP contribution in [0.25, 0.3) is 0 Å². The quantitative estimate of drug-likeness (QED) is 0.674. The Morgan fingerprint density at radius 3 is 2.08 bits per heavy atom. The normalized spacial score (nSPS) is 10.2. The van der Waals surface area contributed by atoms with Crippen molar-refractivity contribution in [3.8, 4) is 0 Å². The fourth-order valence-corrected chi connectivity index (χ4v) is 0.613. The Kier molecular flexibility index (Phi) is 4.23. The number of H-pyrrole nitrogens is 1. The van der Waals surface area contributed by atoms with Gasteiger partial charge >= 0.3 is 6.18 Å². The van der Waals surface area contributed by atoms with Crippen LogP contribution >= 0.6 is 0 Å². The summed E-state index contributed by atoms with van der Waals surface area (Å²) in [6.45, 7) is 4.00. The second-order valence-corrected chi connectivity index (χ2v) is 1.93. The lowest BCUT2D eigenvalue weighted by Gasteiger charge is -2.03. The Hall–Kier alpha value is -1.26. The number of aromatic amines is 1. The maximum Gasteiger partial charge on any atom is 0.431 e. The number of halogens is 3. The molecule has 1 rings (SSSR count). The minimum atomic E-state index is -4.47. The monoisotopic (exact) mass is 193 g/mol. The van der Waals surface area contributed by atoms with Crippen molar-refractivity contribution < 1.29 is 13.2 Å². The van der Waals surface area contributed by atoms with E-state index in [2.05, 4.69) is 0 Å². The summed E-state index contributed by atoms with van der Waals surface area (Å²) < 4.78 is 35.4. The molecular formula is C8H10F3NO. The van der Waals surface area contributed by atoms with Gasteiger partial charge in [0, 0.05) is 6.07 Å². The first-order chi connectivity index (χ1) is 6.00. The van der Waals surface area contributed by atoms with Crippen LogP contribution < -0.4 is 5.56 Å². The lowest BCUT2D eigenvalue weighted by Crippen LogP contribution is -2.14. The van der Waals surface area contributed by atoms with Gasteiger partial charge in [-0.3, -0.25) is 4.79 Å². The summed E-state index contributed by atoms with van der Waals surface area (Å²) >= 11 is 0. The topological polar surface area (TPSA) is 32.9 Å². The van der Waals surface area contributed by atoms with Crippen LogP contribution in [0.2, 0.25) is 0 Å². The number of alkyl halides is 3. The van der Waals surface area contributed by atoms with Crippen LogP contribution in [0.1, 0.15) is 19.5 Å². The average molecular weight is 193 g/mol. The van der Waals surface area contributed by atoms with Gasteiger partial charge in [0.25, 0.3) is 0 Å². The summed E-state index contributed by atoms with van der Waals surface area (Å²) in [4.78, 5) is 12.0. The maximum absolute atomic E-state index is 11.8. The molecule has 1 heterocycles. The van der Waals surface area contributed by atoms with E-state index >= 15 is 0 Å². The van der Waals surface area contributed by atoms with Crippen molar-refractivity contribution in [1.82, 2.24) is 4.98 Å². The van der Waals surface area contributed by atoms with Gasteiger partial charge in [-0.15, -0.1) is 0 Å². The average Bonchev–Trinajstić information content (AvgIpc) is 2.06. The Morgan fingerprint density at radius 2 is 1.77 bits per heavy atom. The first kappa shape index (κ1) is 11.7. The van der Waals surface area contributed by atoms with Gasteiger partial charge in [0.2, 0.25) is 5.56 Å².